The molecular formula is C24H18. The average molecular weight is 306 g/mol. The number of rotatable bonds is 0. The number of benzene rings is 3. The lowest BCUT2D eigenvalue weighted by Gasteiger charge is -2.21. The molecule has 3 aliphatic carbocycles. The summed E-state index contributed by atoms with van der Waals surface area (Å²) in [6.45, 7) is 0. The van der Waals surface area contributed by atoms with E-state index in [0.717, 1.165) is 6.42 Å². The van der Waals surface area contributed by atoms with Crippen LogP contribution in [0.15, 0.2) is 72.3 Å². The molecule has 3 aromatic carbocycles. The zero-order valence-electron chi connectivity index (χ0n) is 13.5. The van der Waals surface area contributed by atoms with Crippen LogP contribution in [0.1, 0.15) is 28.7 Å². The van der Waals surface area contributed by atoms with Gasteiger partial charge in [0.1, 0.15) is 0 Å². The van der Waals surface area contributed by atoms with Gasteiger partial charge in [-0.05, 0) is 74.9 Å². The van der Waals surface area contributed by atoms with E-state index in [1.807, 2.05) is 0 Å². The summed E-state index contributed by atoms with van der Waals surface area (Å²) in [5.41, 5.74) is 10.8. The van der Waals surface area contributed by atoms with Gasteiger partial charge in [-0.2, -0.15) is 0 Å². The topological polar surface area (TPSA) is 0 Å². The molecular weight excluding hydrogens is 288 g/mol. The summed E-state index contributed by atoms with van der Waals surface area (Å²) < 4.78 is 0. The van der Waals surface area contributed by atoms with Gasteiger partial charge < -0.3 is 0 Å². The fourth-order valence-electron chi connectivity index (χ4n) is 5.05. The lowest BCUT2D eigenvalue weighted by molar-refractivity contribution is 0.711. The molecule has 0 heteroatoms. The van der Waals surface area contributed by atoms with Gasteiger partial charge in [-0.15, -0.1) is 0 Å². The van der Waals surface area contributed by atoms with Gasteiger partial charge in [-0.25, -0.2) is 0 Å². The Morgan fingerprint density at radius 3 is 2.62 bits per heavy atom. The van der Waals surface area contributed by atoms with Gasteiger partial charge >= 0.3 is 0 Å². The van der Waals surface area contributed by atoms with E-state index < -0.39 is 0 Å². The van der Waals surface area contributed by atoms with E-state index in [0.29, 0.717) is 5.92 Å². The summed E-state index contributed by atoms with van der Waals surface area (Å²) in [6, 6.07) is 22.5. The molecule has 0 heterocycles. The normalized spacial score (nSPS) is 20.5. The SMILES string of the molecule is C1=C2c3ccccc3CC2CC2=C1Cc1ccc3ccccc3c12. The van der Waals surface area contributed by atoms with Gasteiger partial charge in [0.2, 0.25) is 0 Å². The van der Waals surface area contributed by atoms with Crippen molar-refractivity contribution in [1.82, 2.24) is 0 Å². The van der Waals surface area contributed by atoms with Crippen molar-refractivity contribution in [3.63, 3.8) is 0 Å². The fraction of sp³-hybridized carbons (Fsp3) is 0.167. The molecule has 3 aromatic rings. The van der Waals surface area contributed by atoms with Gasteiger partial charge in [0, 0.05) is 0 Å². The van der Waals surface area contributed by atoms with Crippen LogP contribution in [0.25, 0.3) is 21.9 Å². The largest absolute Gasteiger partial charge is 0.0620 e. The second-order valence-corrected chi connectivity index (χ2v) is 7.36. The predicted octanol–water partition coefficient (Wildman–Crippen LogP) is 5.81. The quantitative estimate of drug-likeness (QED) is 0.491. The zero-order chi connectivity index (χ0) is 15.7. The molecule has 1 unspecified atom stereocenters. The fourth-order valence-corrected chi connectivity index (χ4v) is 5.05. The first-order valence-electron chi connectivity index (χ1n) is 8.91. The molecule has 0 saturated heterocycles. The highest BCUT2D eigenvalue weighted by atomic mass is 14.4. The summed E-state index contributed by atoms with van der Waals surface area (Å²) in [6.07, 6.45) is 6.04. The second-order valence-electron chi connectivity index (χ2n) is 7.36. The molecule has 6 rings (SSSR count). The number of hydrogen-bond donors (Lipinski definition) is 0. The molecule has 0 saturated carbocycles. The van der Waals surface area contributed by atoms with Crippen LogP contribution < -0.4 is 0 Å². The Bertz CT molecular complexity index is 1080. The second kappa shape index (κ2) is 4.48. The van der Waals surface area contributed by atoms with E-state index in [2.05, 4.69) is 66.7 Å². The van der Waals surface area contributed by atoms with Crippen LogP contribution in [0.2, 0.25) is 0 Å². The maximum atomic E-state index is 2.52. The van der Waals surface area contributed by atoms with Gasteiger partial charge in [0.15, 0.2) is 0 Å². The predicted molar refractivity (Wildman–Crippen MR) is 101 cm³/mol. The van der Waals surface area contributed by atoms with Gasteiger partial charge in [0.25, 0.3) is 0 Å². The lowest BCUT2D eigenvalue weighted by Crippen LogP contribution is -2.05. The van der Waals surface area contributed by atoms with Gasteiger partial charge in [-0.3, -0.25) is 0 Å². The van der Waals surface area contributed by atoms with Crippen LogP contribution in [-0.2, 0) is 12.8 Å². The number of fused-ring (bicyclic) bond motifs is 7. The number of allylic oxidation sites excluding steroid dienone is 4. The van der Waals surface area contributed by atoms with Crippen molar-refractivity contribution >= 4 is 21.9 Å². The molecule has 0 N–H and O–H groups in total. The zero-order valence-corrected chi connectivity index (χ0v) is 13.5. The molecule has 114 valence electrons. The Labute approximate surface area is 142 Å². The first kappa shape index (κ1) is 12.8. The molecule has 0 amide bonds. The van der Waals surface area contributed by atoms with E-state index in [1.54, 1.807) is 16.7 Å². The molecule has 3 aliphatic rings. The van der Waals surface area contributed by atoms with Crippen LogP contribution in [0.4, 0.5) is 0 Å². The van der Waals surface area contributed by atoms with Crippen molar-refractivity contribution in [3.8, 4) is 0 Å². The van der Waals surface area contributed by atoms with Crippen molar-refractivity contribution in [3.05, 3.63) is 94.6 Å². The van der Waals surface area contributed by atoms with Crippen LogP contribution in [0, 0.1) is 5.92 Å². The molecule has 0 fully saturated rings. The third-order valence-electron chi connectivity index (χ3n) is 6.10. The van der Waals surface area contributed by atoms with Crippen LogP contribution in [0.3, 0.4) is 0 Å². The van der Waals surface area contributed by atoms with E-state index >= 15 is 0 Å². The van der Waals surface area contributed by atoms with E-state index in [-0.39, 0.29) is 0 Å². The summed E-state index contributed by atoms with van der Waals surface area (Å²) in [5.74, 6) is 0.672. The summed E-state index contributed by atoms with van der Waals surface area (Å²) >= 11 is 0. The Morgan fingerprint density at radius 1 is 0.750 bits per heavy atom. The minimum absolute atomic E-state index is 0.672. The Hall–Kier alpha value is -2.60. The number of hydrogen-bond acceptors (Lipinski definition) is 0. The van der Waals surface area contributed by atoms with Gasteiger partial charge in [0.05, 0.1) is 0 Å². The minimum atomic E-state index is 0.672. The van der Waals surface area contributed by atoms with Crippen LogP contribution in [-0.4, -0.2) is 0 Å². The smallest absolute Gasteiger partial charge is 0.00164 e. The third-order valence-corrected chi connectivity index (χ3v) is 6.10. The highest BCUT2D eigenvalue weighted by Gasteiger charge is 2.34. The molecule has 0 nitrogen and oxygen atoms in total. The van der Waals surface area contributed by atoms with Crippen molar-refractivity contribution in [1.29, 1.82) is 0 Å². The van der Waals surface area contributed by atoms with Crippen molar-refractivity contribution < 1.29 is 0 Å². The monoisotopic (exact) mass is 306 g/mol. The third kappa shape index (κ3) is 1.58. The molecule has 0 aromatic heterocycles. The highest BCUT2D eigenvalue weighted by molar-refractivity contribution is 6.00. The highest BCUT2D eigenvalue weighted by Crippen LogP contribution is 2.51. The minimum Gasteiger partial charge on any atom is -0.0620 e. The van der Waals surface area contributed by atoms with E-state index in [4.69, 9.17) is 0 Å². The first-order chi connectivity index (χ1) is 11.9. The van der Waals surface area contributed by atoms with Gasteiger partial charge in [-0.1, -0.05) is 66.7 Å². The maximum absolute atomic E-state index is 2.52. The van der Waals surface area contributed by atoms with Crippen molar-refractivity contribution in [2.45, 2.75) is 19.3 Å². The Balaban J connectivity index is 1.57. The molecule has 0 aliphatic heterocycles. The first-order valence-corrected chi connectivity index (χ1v) is 8.91. The molecule has 24 heavy (non-hydrogen) atoms. The molecule has 0 bridgehead atoms. The lowest BCUT2D eigenvalue weighted by atomic mass is 9.83. The van der Waals surface area contributed by atoms with Crippen LogP contribution in [0.5, 0.6) is 0 Å². The molecule has 1 atom stereocenters. The van der Waals surface area contributed by atoms with E-state index in [1.165, 1.54) is 45.9 Å². The Kier molecular flexibility index (Phi) is 2.38. The van der Waals surface area contributed by atoms with Crippen molar-refractivity contribution in [2.24, 2.45) is 5.92 Å². The van der Waals surface area contributed by atoms with Crippen molar-refractivity contribution in [2.75, 3.05) is 0 Å². The molecule has 0 spiro atoms. The van der Waals surface area contributed by atoms with E-state index in [9.17, 15) is 0 Å². The summed E-state index contributed by atoms with van der Waals surface area (Å²) in [4.78, 5) is 0. The van der Waals surface area contributed by atoms with Crippen LogP contribution >= 0.6 is 0 Å². The summed E-state index contributed by atoms with van der Waals surface area (Å²) in [7, 11) is 0. The summed E-state index contributed by atoms with van der Waals surface area (Å²) in [5, 5.41) is 2.81. The Morgan fingerprint density at radius 2 is 1.62 bits per heavy atom. The maximum Gasteiger partial charge on any atom is -0.00164 e. The average Bonchev–Trinajstić information content (AvgIpc) is 3.17. The molecule has 0 radical (unpaired) electrons. The standard InChI is InChI=1S/C24H18/c1-4-8-21-15(5-1)9-10-17-12-19-13-22-18(14-23(19)24(17)21)11-16-6-2-3-7-20(16)22/h1-10,13,18H,11-12,14H2.